The number of aromatic amines is 1. The third-order valence-electron chi connectivity index (χ3n) is 6.56. The molecule has 8 heteroatoms. The Balaban J connectivity index is 1.21. The van der Waals surface area contributed by atoms with Crippen molar-refractivity contribution in [3.8, 4) is 11.4 Å². The van der Waals surface area contributed by atoms with Gasteiger partial charge in [0.1, 0.15) is 5.75 Å². The number of amides is 1. The number of nitrogens with zero attached hydrogens (tertiary/aromatic N) is 3. The molecule has 0 saturated carbocycles. The van der Waals surface area contributed by atoms with E-state index >= 15 is 0 Å². The molecule has 3 aromatic heterocycles. The summed E-state index contributed by atoms with van der Waals surface area (Å²) >= 11 is 0. The monoisotopic (exact) mass is 465 g/mol. The molecule has 8 nitrogen and oxygen atoms in total. The van der Waals surface area contributed by atoms with Crippen LogP contribution in [0.5, 0.6) is 5.75 Å². The van der Waals surface area contributed by atoms with Gasteiger partial charge in [-0.15, -0.1) is 0 Å². The van der Waals surface area contributed by atoms with E-state index in [0.29, 0.717) is 12.1 Å². The zero-order valence-electron chi connectivity index (χ0n) is 19.1. The lowest BCUT2D eigenvalue weighted by molar-refractivity contribution is -0.117. The largest absolute Gasteiger partial charge is 0.497 e. The van der Waals surface area contributed by atoms with Gasteiger partial charge in [-0.2, -0.15) is 5.10 Å². The van der Waals surface area contributed by atoms with Crippen molar-refractivity contribution in [2.24, 2.45) is 0 Å². The molecular weight excluding hydrogens is 442 g/mol. The number of methoxy groups -OCH3 is 1. The predicted molar refractivity (Wildman–Crippen MR) is 132 cm³/mol. The van der Waals surface area contributed by atoms with E-state index < -0.39 is 11.7 Å². The number of para-hydroxylation sites is 1. The lowest BCUT2D eigenvalue weighted by atomic mass is 9.93. The van der Waals surface area contributed by atoms with Gasteiger partial charge in [-0.1, -0.05) is 18.2 Å². The van der Waals surface area contributed by atoms with Crippen molar-refractivity contribution < 1.29 is 14.3 Å². The van der Waals surface area contributed by atoms with Gasteiger partial charge in [0.15, 0.2) is 0 Å². The molecule has 1 unspecified atom stereocenters. The van der Waals surface area contributed by atoms with Crippen LogP contribution in [0.2, 0.25) is 0 Å². The summed E-state index contributed by atoms with van der Waals surface area (Å²) in [6.45, 7) is 0. The Morgan fingerprint density at radius 3 is 2.89 bits per heavy atom. The smallest absolute Gasteiger partial charge is 0.294 e. The van der Waals surface area contributed by atoms with Crippen molar-refractivity contribution in [1.82, 2.24) is 25.1 Å². The summed E-state index contributed by atoms with van der Waals surface area (Å²) in [7, 11) is 1.64. The number of nitrogens with one attached hydrogen (secondary N) is 2. The van der Waals surface area contributed by atoms with Gasteiger partial charge in [-0.25, -0.2) is 4.68 Å². The Labute approximate surface area is 200 Å². The molecule has 2 aromatic carbocycles. The SMILES string of the molecule is COc1ccc2nccc(-n3cc4c(n3)CCC(NC(=O)C(=O)c3cc5ccccc5[nH]3)C4)c2c1. The Morgan fingerprint density at radius 1 is 1.14 bits per heavy atom. The summed E-state index contributed by atoms with van der Waals surface area (Å²) in [5, 5.41) is 9.58. The van der Waals surface area contributed by atoms with Crippen molar-refractivity contribution >= 4 is 33.5 Å². The number of pyridine rings is 1. The van der Waals surface area contributed by atoms with Crippen molar-refractivity contribution in [2.75, 3.05) is 7.11 Å². The molecular formula is C27H23N5O3. The highest BCUT2D eigenvalue weighted by atomic mass is 16.5. The maximum atomic E-state index is 12.7. The number of ketones is 1. The van der Waals surface area contributed by atoms with Crippen LogP contribution >= 0.6 is 0 Å². The van der Waals surface area contributed by atoms with Gasteiger partial charge in [0.2, 0.25) is 0 Å². The highest BCUT2D eigenvalue weighted by Gasteiger charge is 2.27. The van der Waals surface area contributed by atoms with E-state index in [1.54, 1.807) is 19.4 Å². The van der Waals surface area contributed by atoms with Crippen LogP contribution in [0.25, 0.3) is 27.5 Å². The number of fused-ring (bicyclic) bond motifs is 3. The zero-order chi connectivity index (χ0) is 23.9. The number of carbonyl (C=O) groups is 2. The molecule has 0 aliphatic heterocycles. The first kappa shape index (κ1) is 21.1. The predicted octanol–water partition coefficient (Wildman–Crippen LogP) is 3.77. The first-order valence-corrected chi connectivity index (χ1v) is 11.5. The lowest BCUT2D eigenvalue weighted by Gasteiger charge is -2.21. The van der Waals surface area contributed by atoms with Crippen LogP contribution in [0.3, 0.4) is 0 Å². The maximum Gasteiger partial charge on any atom is 0.294 e. The molecule has 2 N–H and O–H groups in total. The third kappa shape index (κ3) is 3.82. The maximum absolute atomic E-state index is 12.7. The summed E-state index contributed by atoms with van der Waals surface area (Å²) in [6.07, 6.45) is 5.83. The third-order valence-corrected chi connectivity index (χ3v) is 6.56. The van der Waals surface area contributed by atoms with Gasteiger partial charge in [-0.3, -0.25) is 14.6 Å². The minimum atomic E-state index is -0.593. The quantitative estimate of drug-likeness (QED) is 0.304. The normalized spacial score (nSPS) is 15.2. The van der Waals surface area contributed by atoms with Crippen LogP contribution in [0.4, 0.5) is 0 Å². The fourth-order valence-corrected chi connectivity index (χ4v) is 4.76. The summed E-state index contributed by atoms with van der Waals surface area (Å²) in [5.74, 6) is -0.393. The van der Waals surface area contributed by atoms with Crippen LogP contribution in [-0.2, 0) is 17.6 Å². The second-order valence-electron chi connectivity index (χ2n) is 8.77. The average molecular weight is 466 g/mol. The van der Waals surface area contributed by atoms with Gasteiger partial charge < -0.3 is 15.0 Å². The van der Waals surface area contributed by atoms with Crippen LogP contribution in [0, 0.1) is 0 Å². The van der Waals surface area contributed by atoms with E-state index in [1.807, 2.05) is 59.4 Å². The Morgan fingerprint density at radius 2 is 2.03 bits per heavy atom. The minimum absolute atomic E-state index is 0.129. The average Bonchev–Trinajstić information content (AvgIpc) is 3.51. The second-order valence-corrected chi connectivity index (χ2v) is 8.77. The van der Waals surface area contributed by atoms with Crippen LogP contribution in [-0.4, -0.2) is 44.6 Å². The molecule has 0 fully saturated rings. The zero-order valence-corrected chi connectivity index (χ0v) is 19.1. The van der Waals surface area contributed by atoms with E-state index in [2.05, 4.69) is 15.3 Å². The van der Waals surface area contributed by atoms with Gasteiger partial charge in [0.05, 0.1) is 29.7 Å². The fraction of sp³-hybridized carbons (Fsp3) is 0.185. The Hall–Kier alpha value is -4.46. The summed E-state index contributed by atoms with van der Waals surface area (Å²) in [5.41, 5.74) is 4.97. The molecule has 0 radical (unpaired) electrons. The van der Waals surface area contributed by atoms with Crippen LogP contribution in [0.15, 0.2) is 67.0 Å². The van der Waals surface area contributed by atoms with Gasteiger partial charge in [0, 0.05) is 34.7 Å². The number of H-pyrrole nitrogens is 1. The number of hydrogen-bond acceptors (Lipinski definition) is 5. The molecule has 3 heterocycles. The molecule has 174 valence electrons. The van der Waals surface area contributed by atoms with E-state index in [9.17, 15) is 9.59 Å². The molecule has 0 saturated heterocycles. The molecule has 1 atom stereocenters. The molecule has 0 bridgehead atoms. The van der Waals surface area contributed by atoms with Gasteiger partial charge >= 0.3 is 0 Å². The van der Waals surface area contributed by atoms with Crippen molar-refractivity contribution in [2.45, 2.75) is 25.3 Å². The van der Waals surface area contributed by atoms with Crippen molar-refractivity contribution in [3.63, 3.8) is 0 Å². The summed E-state index contributed by atoms with van der Waals surface area (Å²) < 4.78 is 7.26. The Kier molecular flexibility index (Phi) is 5.06. The summed E-state index contributed by atoms with van der Waals surface area (Å²) in [4.78, 5) is 32.9. The van der Waals surface area contributed by atoms with E-state index in [4.69, 9.17) is 9.84 Å². The molecule has 35 heavy (non-hydrogen) atoms. The number of aryl methyl sites for hydroxylation is 1. The molecule has 1 aliphatic rings. The number of aromatic nitrogens is 4. The first-order valence-electron chi connectivity index (χ1n) is 11.5. The van der Waals surface area contributed by atoms with E-state index in [-0.39, 0.29) is 6.04 Å². The van der Waals surface area contributed by atoms with E-state index in [0.717, 1.165) is 57.3 Å². The highest BCUT2D eigenvalue weighted by molar-refractivity contribution is 6.42. The van der Waals surface area contributed by atoms with Crippen molar-refractivity contribution in [3.05, 3.63) is 83.9 Å². The number of carbonyl (C=O) groups excluding carboxylic acids is 2. The molecule has 1 amide bonds. The number of rotatable bonds is 5. The topological polar surface area (TPSA) is 102 Å². The summed E-state index contributed by atoms with van der Waals surface area (Å²) in [6, 6.07) is 16.9. The second kappa shape index (κ2) is 8.39. The number of Topliss-reactive ketones (excluding diaryl/α,β-unsaturated/α-hetero) is 1. The molecule has 6 rings (SSSR count). The fourth-order valence-electron chi connectivity index (χ4n) is 4.76. The molecule has 1 aliphatic carbocycles. The first-order chi connectivity index (χ1) is 17.1. The number of ether oxygens (including phenoxy) is 1. The number of benzene rings is 2. The number of hydrogen-bond donors (Lipinski definition) is 2. The lowest BCUT2D eigenvalue weighted by Crippen LogP contribution is -2.42. The highest BCUT2D eigenvalue weighted by Crippen LogP contribution is 2.27. The molecule has 5 aromatic rings. The van der Waals surface area contributed by atoms with Gasteiger partial charge in [0.25, 0.3) is 11.7 Å². The Bertz CT molecular complexity index is 1570. The molecule has 0 spiro atoms. The van der Waals surface area contributed by atoms with Crippen molar-refractivity contribution in [1.29, 1.82) is 0 Å². The van der Waals surface area contributed by atoms with Crippen LogP contribution in [0.1, 0.15) is 28.2 Å². The van der Waals surface area contributed by atoms with Crippen LogP contribution < -0.4 is 10.1 Å². The van der Waals surface area contributed by atoms with E-state index in [1.165, 1.54) is 0 Å². The minimum Gasteiger partial charge on any atom is -0.497 e. The van der Waals surface area contributed by atoms with Gasteiger partial charge in [-0.05, 0) is 61.2 Å². The standard InChI is InChI=1S/C27H23N5O3/c1-35-19-7-9-23-20(14-19)25(10-11-28-23)32-15-17-12-18(6-8-22(17)31-32)29-27(34)26(33)24-13-16-4-2-3-5-21(16)30-24/h2-5,7,9-11,13-15,18,30H,6,8,12H2,1H3,(H,29,34).